The van der Waals surface area contributed by atoms with Gasteiger partial charge in [0.1, 0.15) is 11.5 Å². The lowest BCUT2D eigenvalue weighted by molar-refractivity contribution is 0.0950. The number of hydrogen-bond donors (Lipinski definition) is 1. The molecule has 2 rings (SSSR count). The molecular weight excluding hydrogens is 326 g/mol. The van der Waals surface area contributed by atoms with Crippen LogP contribution in [-0.4, -0.2) is 26.2 Å². The number of para-hydroxylation sites is 1. The number of aryl methyl sites for hydroxylation is 1. The van der Waals surface area contributed by atoms with Crippen molar-refractivity contribution in [2.24, 2.45) is 0 Å². The summed E-state index contributed by atoms with van der Waals surface area (Å²) in [6, 6.07) is 13.0. The van der Waals surface area contributed by atoms with Gasteiger partial charge >= 0.3 is 0 Å². The second-order valence-corrected chi connectivity index (χ2v) is 5.68. The zero-order valence-electron chi connectivity index (χ0n) is 14.0. The third-order valence-electron chi connectivity index (χ3n) is 3.59. The van der Waals surface area contributed by atoms with Gasteiger partial charge < -0.3 is 14.8 Å². The summed E-state index contributed by atoms with van der Waals surface area (Å²) in [4.78, 5) is 12.3. The minimum Gasteiger partial charge on any atom is -0.496 e. The maximum absolute atomic E-state index is 12.3. The predicted octanol–water partition coefficient (Wildman–Crippen LogP) is 4.11. The van der Waals surface area contributed by atoms with E-state index in [0.29, 0.717) is 29.5 Å². The number of amides is 1. The highest BCUT2D eigenvalue weighted by molar-refractivity contribution is 6.31. The Morgan fingerprint density at radius 3 is 2.71 bits per heavy atom. The van der Waals surface area contributed by atoms with Crippen LogP contribution in [0.15, 0.2) is 42.5 Å². The molecule has 0 atom stereocenters. The van der Waals surface area contributed by atoms with Gasteiger partial charge in [-0.1, -0.05) is 29.8 Å². The van der Waals surface area contributed by atoms with Crippen molar-refractivity contribution in [2.45, 2.75) is 19.8 Å². The van der Waals surface area contributed by atoms with Gasteiger partial charge in [-0.2, -0.15) is 0 Å². The van der Waals surface area contributed by atoms with Crippen molar-refractivity contribution in [3.05, 3.63) is 58.6 Å². The molecule has 0 aliphatic rings. The van der Waals surface area contributed by atoms with Gasteiger partial charge in [-0.3, -0.25) is 4.79 Å². The molecule has 5 heteroatoms. The summed E-state index contributed by atoms with van der Waals surface area (Å²) in [7, 11) is 1.53. The zero-order valence-corrected chi connectivity index (χ0v) is 14.7. The number of rotatable bonds is 8. The van der Waals surface area contributed by atoms with Crippen LogP contribution in [0.2, 0.25) is 5.02 Å². The lowest BCUT2D eigenvalue weighted by Gasteiger charge is -2.11. The average molecular weight is 348 g/mol. The highest BCUT2D eigenvalue weighted by Crippen LogP contribution is 2.22. The van der Waals surface area contributed by atoms with Crippen LogP contribution in [0.1, 0.15) is 29.3 Å². The largest absolute Gasteiger partial charge is 0.496 e. The summed E-state index contributed by atoms with van der Waals surface area (Å²) in [6.45, 7) is 3.17. The fourth-order valence-corrected chi connectivity index (χ4v) is 2.61. The van der Waals surface area contributed by atoms with E-state index in [1.54, 1.807) is 18.2 Å². The molecule has 2 aromatic carbocycles. The highest BCUT2D eigenvalue weighted by atomic mass is 35.5. The lowest BCUT2D eigenvalue weighted by Crippen LogP contribution is -2.25. The first-order valence-corrected chi connectivity index (χ1v) is 8.36. The maximum atomic E-state index is 12.3. The standard InChI is InChI=1S/C19H22ClNO3/c1-3-24-17-9-5-4-7-14(17)8-6-12-21-19(22)16-13-15(20)10-11-18(16)23-2/h4-5,7,9-11,13H,3,6,8,12H2,1-2H3,(H,21,22). The number of hydrogen-bond acceptors (Lipinski definition) is 3. The first-order chi connectivity index (χ1) is 11.7. The summed E-state index contributed by atoms with van der Waals surface area (Å²) in [5.74, 6) is 1.23. The van der Waals surface area contributed by atoms with Crippen LogP contribution < -0.4 is 14.8 Å². The average Bonchev–Trinajstić information content (AvgIpc) is 2.60. The van der Waals surface area contributed by atoms with Gasteiger partial charge in [-0.05, 0) is 49.6 Å². The highest BCUT2D eigenvalue weighted by Gasteiger charge is 2.12. The molecule has 128 valence electrons. The van der Waals surface area contributed by atoms with Gasteiger partial charge in [0.25, 0.3) is 5.91 Å². The first kappa shape index (κ1) is 18.1. The van der Waals surface area contributed by atoms with Gasteiger partial charge in [0, 0.05) is 11.6 Å². The van der Waals surface area contributed by atoms with Gasteiger partial charge in [0.05, 0.1) is 19.3 Å². The van der Waals surface area contributed by atoms with E-state index in [-0.39, 0.29) is 5.91 Å². The molecule has 1 amide bonds. The molecule has 24 heavy (non-hydrogen) atoms. The molecule has 0 fully saturated rings. The van der Waals surface area contributed by atoms with Crippen LogP contribution in [0, 0.1) is 0 Å². The Morgan fingerprint density at radius 2 is 1.96 bits per heavy atom. The molecule has 0 spiro atoms. The summed E-state index contributed by atoms with van der Waals surface area (Å²) in [6.07, 6.45) is 1.65. The van der Waals surface area contributed by atoms with E-state index in [0.717, 1.165) is 24.2 Å². The smallest absolute Gasteiger partial charge is 0.255 e. The number of carbonyl (C=O) groups is 1. The number of carbonyl (C=O) groups excluding carboxylic acids is 1. The normalized spacial score (nSPS) is 10.3. The third kappa shape index (κ3) is 4.90. The fraction of sp³-hybridized carbons (Fsp3) is 0.316. The van der Waals surface area contributed by atoms with Crippen LogP contribution in [0.3, 0.4) is 0 Å². The minimum absolute atomic E-state index is 0.188. The number of methoxy groups -OCH3 is 1. The summed E-state index contributed by atoms with van der Waals surface area (Å²) in [5.41, 5.74) is 1.59. The molecule has 0 radical (unpaired) electrons. The van der Waals surface area contributed by atoms with E-state index in [2.05, 4.69) is 5.32 Å². The zero-order chi connectivity index (χ0) is 17.4. The van der Waals surface area contributed by atoms with Crippen LogP contribution in [0.25, 0.3) is 0 Å². The summed E-state index contributed by atoms with van der Waals surface area (Å²) < 4.78 is 10.8. The Hall–Kier alpha value is -2.20. The van der Waals surface area contributed by atoms with Gasteiger partial charge in [0.2, 0.25) is 0 Å². The molecule has 4 nitrogen and oxygen atoms in total. The van der Waals surface area contributed by atoms with Crippen molar-refractivity contribution >= 4 is 17.5 Å². The van der Waals surface area contributed by atoms with Crippen molar-refractivity contribution < 1.29 is 14.3 Å². The molecule has 2 aromatic rings. The van der Waals surface area contributed by atoms with Gasteiger partial charge in [-0.15, -0.1) is 0 Å². The quantitative estimate of drug-likeness (QED) is 0.731. The van der Waals surface area contributed by atoms with Crippen molar-refractivity contribution in [1.82, 2.24) is 5.32 Å². The Labute approximate surface area is 147 Å². The molecule has 0 aliphatic carbocycles. The molecule has 0 unspecified atom stereocenters. The Kier molecular flexibility index (Phi) is 6.94. The van der Waals surface area contributed by atoms with E-state index < -0.39 is 0 Å². The van der Waals surface area contributed by atoms with Crippen molar-refractivity contribution in [3.63, 3.8) is 0 Å². The molecule has 0 bridgehead atoms. The monoisotopic (exact) mass is 347 g/mol. The van der Waals surface area contributed by atoms with E-state index in [9.17, 15) is 4.79 Å². The topological polar surface area (TPSA) is 47.6 Å². The third-order valence-corrected chi connectivity index (χ3v) is 3.82. The number of nitrogens with one attached hydrogen (secondary N) is 1. The minimum atomic E-state index is -0.188. The van der Waals surface area contributed by atoms with Crippen molar-refractivity contribution in [1.29, 1.82) is 0 Å². The molecule has 0 heterocycles. The maximum Gasteiger partial charge on any atom is 0.255 e. The Morgan fingerprint density at radius 1 is 1.17 bits per heavy atom. The van der Waals surface area contributed by atoms with E-state index >= 15 is 0 Å². The molecule has 0 saturated heterocycles. The molecular formula is C19H22ClNO3. The van der Waals surface area contributed by atoms with E-state index in [1.807, 2.05) is 31.2 Å². The van der Waals surface area contributed by atoms with E-state index in [4.69, 9.17) is 21.1 Å². The summed E-state index contributed by atoms with van der Waals surface area (Å²) >= 11 is 5.96. The lowest BCUT2D eigenvalue weighted by atomic mass is 10.1. The molecule has 1 N–H and O–H groups in total. The fourth-order valence-electron chi connectivity index (χ4n) is 2.44. The van der Waals surface area contributed by atoms with Gasteiger partial charge in [0.15, 0.2) is 0 Å². The van der Waals surface area contributed by atoms with Crippen LogP contribution in [0.5, 0.6) is 11.5 Å². The summed E-state index contributed by atoms with van der Waals surface area (Å²) in [5, 5.41) is 3.41. The number of benzene rings is 2. The number of halogens is 1. The molecule has 0 saturated carbocycles. The first-order valence-electron chi connectivity index (χ1n) is 7.98. The second-order valence-electron chi connectivity index (χ2n) is 5.24. The van der Waals surface area contributed by atoms with Crippen molar-refractivity contribution in [3.8, 4) is 11.5 Å². The van der Waals surface area contributed by atoms with Gasteiger partial charge in [-0.25, -0.2) is 0 Å². The Bertz CT molecular complexity index is 688. The van der Waals surface area contributed by atoms with Crippen molar-refractivity contribution in [2.75, 3.05) is 20.3 Å². The van der Waals surface area contributed by atoms with E-state index in [1.165, 1.54) is 7.11 Å². The second kappa shape index (κ2) is 9.18. The Balaban J connectivity index is 1.89. The van der Waals surface area contributed by atoms with Crippen LogP contribution in [-0.2, 0) is 6.42 Å². The van der Waals surface area contributed by atoms with Crippen LogP contribution >= 0.6 is 11.6 Å². The molecule has 0 aromatic heterocycles. The molecule has 0 aliphatic heterocycles. The number of ether oxygens (including phenoxy) is 2. The predicted molar refractivity (Wildman–Crippen MR) is 96.3 cm³/mol. The van der Waals surface area contributed by atoms with Crippen LogP contribution in [0.4, 0.5) is 0 Å². The SMILES string of the molecule is CCOc1ccccc1CCCNC(=O)c1cc(Cl)ccc1OC.